The van der Waals surface area contributed by atoms with Crippen LogP contribution >= 0.6 is 0 Å². The minimum absolute atomic E-state index is 0.0403. The van der Waals surface area contributed by atoms with Gasteiger partial charge in [-0.3, -0.25) is 9.78 Å². The third kappa shape index (κ3) is 4.92. The molecule has 1 saturated heterocycles. The van der Waals surface area contributed by atoms with E-state index in [1.54, 1.807) is 6.20 Å². The molecule has 1 aliphatic rings. The van der Waals surface area contributed by atoms with Gasteiger partial charge in [-0.1, -0.05) is 12.1 Å². The van der Waals surface area contributed by atoms with Gasteiger partial charge in [-0.05, 0) is 50.6 Å². The summed E-state index contributed by atoms with van der Waals surface area (Å²) in [5.74, 6) is -0.251. The second-order valence-corrected chi connectivity index (χ2v) is 6.69. The van der Waals surface area contributed by atoms with Crippen LogP contribution in [0, 0.1) is 5.92 Å². The zero-order chi connectivity index (χ0) is 18.4. The number of hydrogen-bond donors (Lipinski definition) is 3. The number of nitrogens with one attached hydrogen (secondary N) is 2. The SMILES string of the molecule is NC(=O)[C@H]1CCCN(CCCNC(=O)Nc2ccc3cccnc3c2)C1. The number of rotatable bonds is 6. The van der Waals surface area contributed by atoms with E-state index < -0.39 is 0 Å². The first-order valence-electron chi connectivity index (χ1n) is 9.03. The van der Waals surface area contributed by atoms with Gasteiger partial charge < -0.3 is 21.3 Å². The molecule has 0 bridgehead atoms. The number of hydrogen-bond acceptors (Lipinski definition) is 4. The van der Waals surface area contributed by atoms with Gasteiger partial charge in [-0.2, -0.15) is 0 Å². The molecule has 3 amide bonds. The number of likely N-dealkylation sites (tertiary alicyclic amines) is 1. The third-order valence-electron chi connectivity index (χ3n) is 4.71. The van der Waals surface area contributed by atoms with Gasteiger partial charge in [0, 0.05) is 30.4 Å². The molecule has 4 N–H and O–H groups in total. The lowest BCUT2D eigenvalue weighted by Gasteiger charge is -2.31. The van der Waals surface area contributed by atoms with E-state index >= 15 is 0 Å². The van der Waals surface area contributed by atoms with Gasteiger partial charge in [0.25, 0.3) is 0 Å². The fraction of sp³-hybridized carbons (Fsp3) is 0.421. The summed E-state index contributed by atoms with van der Waals surface area (Å²) >= 11 is 0. The van der Waals surface area contributed by atoms with Crippen LogP contribution < -0.4 is 16.4 Å². The van der Waals surface area contributed by atoms with E-state index in [0.29, 0.717) is 12.2 Å². The lowest BCUT2D eigenvalue weighted by atomic mass is 9.97. The summed E-state index contributed by atoms with van der Waals surface area (Å²) in [6, 6.07) is 9.29. The lowest BCUT2D eigenvalue weighted by Crippen LogP contribution is -2.42. The topological polar surface area (TPSA) is 100 Å². The molecule has 1 aromatic carbocycles. The van der Waals surface area contributed by atoms with E-state index in [2.05, 4.69) is 20.5 Å². The highest BCUT2D eigenvalue weighted by Gasteiger charge is 2.23. The van der Waals surface area contributed by atoms with Crippen molar-refractivity contribution in [2.75, 3.05) is 31.5 Å². The highest BCUT2D eigenvalue weighted by molar-refractivity contribution is 5.92. The molecule has 0 spiro atoms. The third-order valence-corrected chi connectivity index (χ3v) is 4.71. The number of primary amides is 1. The number of anilines is 1. The Morgan fingerprint density at radius 2 is 2.19 bits per heavy atom. The Kier molecular flexibility index (Phi) is 6.01. The fourth-order valence-corrected chi connectivity index (χ4v) is 3.31. The molecule has 3 rings (SSSR count). The zero-order valence-electron chi connectivity index (χ0n) is 14.8. The smallest absolute Gasteiger partial charge is 0.319 e. The normalized spacial score (nSPS) is 17.8. The van der Waals surface area contributed by atoms with Crippen LogP contribution in [0.25, 0.3) is 10.9 Å². The maximum atomic E-state index is 12.0. The summed E-state index contributed by atoms with van der Waals surface area (Å²) in [7, 11) is 0. The fourth-order valence-electron chi connectivity index (χ4n) is 3.31. The second kappa shape index (κ2) is 8.62. The Morgan fingerprint density at radius 1 is 1.31 bits per heavy atom. The summed E-state index contributed by atoms with van der Waals surface area (Å²) in [5.41, 5.74) is 6.96. The molecule has 138 valence electrons. The van der Waals surface area contributed by atoms with Crippen molar-refractivity contribution in [3.8, 4) is 0 Å². The molecule has 1 fully saturated rings. The predicted octanol–water partition coefficient (Wildman–Crippen LogP) is 1.94. The number of amides is 3. The molecule has 2 heterocycles. The molecule has 1 atom stereocenters. The van der Waals surface area contributed by atoms with Gasteiger partial charge in [0.1, 0.15) is 0 Å². The summed E-state index contributed by atoms with van der Waals surface area (Å²) in [5, 5.41) is 6.73. The highest BCUT2D eigenvalue weighted by Crippen LogP contribution is 2.17. The number of benzene rings is 1. The Bertz CT molecular complexity index is 779. The largest absolute Gasteiger partial charge is 0.369 e. The first-order valence-corrected chi connectivity index (χ1v) is 9.03. The van der Waals surface area contributed by atoms with Crippen LogP contribution in [0.3, 0.4) is 0 Å². The van der Waals surface area contributed by atoms with Crippen LogP contribution in [-0.2, 0) is 4.79 Å². The number of piperidine rings is 1. The van der Waals surface area contributed by atoms with E-state index in [9.17, 15) is 9.59 Å². The van der Waals surface area contributed by atoms with Gasteiger partial charge in [0.2, 0.25) is 5.91 Å². The molecular weight excluding hydrogens is 330 g/mol. The molecule has 1 aromatic heterocycles. The second-order valence-electron chi connectivity index (χ2n) is 6.69. The van der Waals surface area contributed by atoms with E-state index in [4.69, 9.17) is 5.73 Å². The number of fused-ring (bicyclic) bond motifs is 1. The van der Waals surface area contributed by atoms with Gasteiger partial charge >= 0.3 is 6.03 Å². The lowest BCUT2D eigenvalue weighted by molar-refractivity contribution is -0.123. The number of carbonyl (C=O) groups excluding carboxylic acids is 2. The van der Waals surface area contributed by atoms with Crippen molar-refractivity contribution < 1.29 is 9.59 Å². The van der Waals surface area contributed by atoms with Crippen molar-refractivity contribution in [3.05, 3.63) is 36.5 Å². The molecule has 0 radical (unpaired) electrons. The van der Waals surface area contributed by atoms with Crippen molar-refractivity contribution in [2.24, 2.45) is 11.7 Å². The molecule has 2 aromatic rings. The number of aromatic nitrogens is 1. The molecule has 0 saturated carbocycles. The summed E-state index contributed by atoms with van der Waals surface area (Å²) < 4.78 is 0. The average molecular weight is 355 g/mol. The number of pyridine rings is 1. The summed E-state index contributed by atoms with van der Waals surface area (Å²) in [6.45, 7) is 3.14. The minimum atomic E-state index is -0.228. The van der Waals surface area contributed by atoms with Crippen molar-refractivity contribution in [1.82, 2.24) is 15.2 Å². The van der Waals surface area contributed by atoms with Crippen molar-refractivity contribution in [2.45, 2.75) is 19.3 Å². The van der Waals surface area contributed by atoms with Crippen molar-refractivity contribution >= 4 is 28.5 Å². The maximum Gasteiger partial charge on any atom is 0.319 e. The van der Waals surface area contributed by atoms with Crippen LogP contribution in [0.2, 0.25) is 0 Å². The molecule has 0 aliphatic carbocycles. The first-order chi connectivity index (χ1) is 12.6. The van der Waals surface area contributed by atoms with Crippen LogP contribution in [0.4, 0.5) is 10.5 Å². The van der Waals surface area contributed by atoms with Gasteiger partial charge in [-0.25, -0.2) is 4.79 Å². The Balaban J connectivity index is 1.39. The highest BCUT2D eigenvalue weighted by atomic mass is 16.2. The minimum Gasteiger partial charge on any atom is -0.369 e. The molecule has 1 aliphatic heterocycles. The van der Waals surface area contributed by atoms with Crippen LogP contribution in [0.15, 0.2) is 36.5 Å². The van der Waals surface area contributed by atoms with Crippen LogP contribution in [0.5, 0.6) is 0 Å². The average Bonchev–Trinajstić information content (AvgIpc) is 2.65. The Labute approximate surface area is 152 Å². The summed E-state index contributed by atoms with van der Waals surface area (Å²) in [6.07, 6.45) is 4.44. The number of carbonyl (C=O) groups is 2. The van der Waals surface area contributed by atoms with Gasteiger partial charge in [-0.15, -0.1) is 0 Å². The Morgan fingerprint density at radius 3 is 3.04 bits per heavy atom. The quantitative estimate of drug-likeness (QED) is 0.689. The molecule has 7 nitrogen and oxygen atoms in total. The molecule has 26 heavy (non-hydrogen) atoms. The molecular formula is C19H25N5O2. The first kappa shape index (κ1) is 18.1. The number of urea groups is 1. The van der Waals surface area contributed by atoms with Crippen molar-refractivity contribution in [1.29, 1.82) is 0 Å². The Hall–Kier alpha value is -2.67. The van der Waals surface area contributed by atoms with Gasteiger partial charge in [0.15, 0.2) is 0 Å². The van der Waals surface area contributed by atoms with E-state index in [-0.39, 0.29) is 17.9 Å². The summed E-state index contributed by atoms with van der Waals surface area (Å²) in [4.78, 5) is 29.9. The van der Waals surface area contributed by atoms with Crippen LogP contribution in [-0.4, -0.2) is 48.0 Å². The zero-order valence-corrected chi connectivity index (χ0v) is 14.8. The molecule has 0 unspecified atom stereocenters. The van der Waals surface area contributed by atoms with Crippen LogP contribution in [0.1, 0.15) is 19.3 Å². The standard InChI is InChI=1S/C19H25N5O2/c20-18(25)15-5-2-10-24(13-15)11-3-9-22-19(26)23-16-7-6-14-4-1-8-21-17(14)12-16/h1,4,6-8,12,15H,2-3,5,9-11,13H2,(H2,20,25)(H2,22,23,26)/t15-/m0/s1. The monoisotopic (exact) mass is 355 g/mol. The van der Waals surface area contributed by atoms with Gasteiger partial charge in [0.05, 0.1) is 11.4 Å². The van der Waals surface area contributed by atoms with Crippen molar-refractivity contribution in [3.63, 3.8) is 0 Å². The number of nitrogens with zero attached hydrogens (tertiary/aromatic N) is 2. The van der Waals surface area contributed by atoms with E-state index in [1.165, 1.54) is 0 Å². The van der Waals surface area contributed by atoms with E-state index in [0.717, 1.165) is 49.8 Å². The molecule has 7 heteroatoms. The number of nitrogens with two attached hydrogens (primary N) is 1. The maximum absolute atomic E-state index is 12.0. The predicted molar refractivity (Wildman–Crippen MR) is 102 cm³/mol. The van der Waals surface area contributed by atoms with E-state index in [1.807, 2.05) is 30.3 Å².